The lowest BCUT2D eigenvalue weighted by atomic mass is 10.1. The van der Waals surface area contributed by atoms with Crippen LogP contribution in [-0.4, -0.2) is 48.4 Å². The van der Waals surface area contributed by atoms with E-state index in [0.717, 1.165) is 29.9 Å². The second-order valence-corrected chi connectivity index (χ2v) is 9.12. The molecular formula is C20H27N7O6S. The number of aldehydes is 1. The van der Waals surface area contributed by atoms with E-state index in [1.165, 1.54) is 0 Å². The minimum atomic E-state index is -4.04. The fourth-order valence-corrected chi connectivity index (χ4v) is 4.36. The van der Waals surface area contributed by atoms with Gasteiger partial charge in [0.2, 0.25) is 15.9 Å². The molecule has 0 radical (unpaired) electrons. The number of amides is 1. The molecule has 1 heterocycles. The summed E-state index contributed by atoms with van der Waals surface area (Å²) in [5.74, 6) is -1.24. The molecule has 34 heavy (non-hydrogen) atoms. The normalized spacial score (nSPS) is 11.9. The van der Waals surface area contributed by atoms with Crippen molar-refractivity contribution in [3.63, 3.8) is 0 Å². The van der Waals surface area contributed by atoms with Crippen LogP contribution >= 0.6 is 0 Å². The molecule has 1 atom stereocenters. The third-order valence-corrected chi connectivity index (χ3v) is 5.96. The fourth-order valence-electron chi connectivity index (χ4n) is 3.18. The van der Waals surface area contributed by atoms with Gasteiger partial charge < -0.3 is 16.3 Å². The van der Waals surface area contributed by atoms with E-state index >= 15 is 0 Å². The Hall–Kier alpha value is -3.94. The molecule has 14 heteroatoms. The van der Waals surface area contributed by atoms with Gasteiger partial charge in [0.1, 0.15) is 18.0 Å². The molecule has 0 aliphatic rings. The number of carbonyl (C=O) groups is 2. The maximum absolute atomic E-state index is 12.8. The van der Waals surface area contributed by atoms with Gasteiger partial charge in [-0.15, -0.1) is 0 Å². The number of sulfonamides is 1. The quantitative estimate of drug-likeness (QED) is 0.147. The summed E-state index contributed by atoms with van der Waals surface area (Å²) in [6, 6.07) is 7.17. The van der Waals surface area contributed by atoms with Gasteiger partial charge in [0, 0.05) is 20.5 Å². The topological polar surface area (TPSA) is 192 Å². The summed E-state index contributed by atoms with van der Waals surface area (Å²) in [5, 5.41) is 0.847. The van der Waals surface area contributed by atoms with Crippen molar-refractivity contribution in [1.82, 2.24) is 9.24 Å². The molecule has 0 saturated heterocycles. The number of hydrogen-bond donors (Lipinski definition) is 3. The highest BCUT2D eigenvalue weighted by atomic mass is 32.2. The van der Waals surface area contributed by atoms with Crippen LogP contribution in [0.25, 0.3) is 0 Å². The van der Waals surface area contributed by atoms with Crippen molar-refractivity contribution in [2.45, 2.75) is 31.6 Å². The Kier molecular flexibility index (Phi) is 8.72. The molecule has 2 rings (SSSR count). The van der Waals surface area contributed by atoms with E-state index in [4.69, 9.17) is 11.5 Å². The zero-order valence-corrected chi connectivity index (χ0v) is 19.6. The molecule has 0 saturated carbocycles. The average Bonchev–Trinajstić information content (AvgIpc) is 2.76. The Morgan fingerprint density at radius 1 is 1.24 bits per heavy atom. The third kappa shape index (κ3) is 6.78. The van der Waals surface area contributed by atoms with Crippen molar-refractivity contribution in [3.05, 3.63) is 62.9 Å². The Balaban J connectivity index is 2.44. The molecule has 1 amide bonds. The van der Waals surface area contributed by atoms with Crippen molar-refractivity contribution in [2.75, 3.05) is 16.3 Å². The Labute approximate surface area is 195 Å². The van der Waals surface area contributed by atoms with E-state index in [-0.39, 0.29) is 18.9 Å². The lowest BCUT2D eigenvalue weighted by molar-refractivity contribution is -0.121. The van der Waals surface area contributed by atoms with Crippen molar-refractivity contribution < 1.29 is 18.0 Å². The van der Waals surface area contributed by atoms with Gasteiger partial charge in [-0.1, -0.05) is 30.3 Å². The molecule has 0 unspecified atom stereocenters. The maximum atomic E-state index is 12.8. The van der Waals surface area contributed by atoms with Crippen LogP contribution in [-0.2, 0) is 32.4 Å². The van der Waals surface area contributed by atoms with Gasteiger partial charge in [-0.05, 0) is 18.4 Å². The number of anilines is 1. The van der Waals surface area contributed by atoms with Crippen molar-refractivity contribution in [2.24, 2.45) is 23.5 Å². The Morgan fingerprint density at radius 3 is 2.44 bits per heavy atom. The molecular weight excluding hydrogens is 466 g/mol. The van der Waals surface area contributed by atoms with Crippen molar-refractivity contribution >= 4 is 33.9 Å². The van der Waals surface area contributed by atoms with Crippen LogP contribution in [0, 0.1) is 0 Å². The smallest absolute Gasteiger partial charge is 0.349 e. The fraction of sp³-hybridized carbons (Fsp3) is 0.350. The lowest BCUT2D eigenvalue weighted by Crippen LogP contribution is -2.55. The maximum Gasteiger partial charge on any atom is 0.349 e. The van der Waals surface area contributed by atoms with E-state index < -0.39 is 44.7 Å². The number of guanidine groups is 1. The summed E-state index contributed by atoms with van der Waals surface area (Å²) in [6.07, 6.45) is 1.77. The number of nitrogens with zero attached hydrogens (tertiary/aromatic N) is 4. The molecule has 0 spiro atoms. The highest BCUT2D eigenvalue weighted by Crippen LogP contribution is 2.11. The van der Waals surface area contributed by atoms with Gasteiger partial charge in [0.15, 0.2) is 5.96 Å². The SMILES string of the molecule is CC(=O)N([C@H](C=O)CCCN=C(N)N)n1cc(NS(=O)(=O)Cc2ccccc2)c(=O)n(C)c1=O. The highest BCUT2D eigenvalue weighted by molar-refractivity contribution is 7.91. The number of rotatable bonds is 11. The molecule has 184 valence electrons. The van der Waals surface area contributed by atoms with Crippen LogP contribution in [0.5, 0.6) is 0 Å². The van der Waals surface area contributed by atoms with Crippen LogP contribution < -0.4 is 32.4 Å². The minimum Gasteiger partial charge on any atom is -0.370 e. The van der Waals surface area contributed by atoms with Crippen LogP contribution in [0.2, 0.25) is 0 Å². The Morgan fingerprint density at radius 2 is 1.88 bits per heavy atom. The summed E-state index contributed by atoms with van der Waals surface area (Å²) < 4.78 is 28.8. The van der Waals surface area contributed by atoms with Gasteiger partial charge in [0.25, 0.3) is 5.56 Å². The molecule has 1 aromatic heterocycles. The van der Waals surface area contributed by atoms with Crippen molar-refractivity contribution in [3.8, 4) is 0 Å². The molecule has 5 N–H and O–H groups in total. The molecule has 2 aromatic rings. The second kappa shape index (κ2) is 11.3. The predicted octanol–water partition coefficient (Wildman–Crippen LogP) is -1.41. The van der Waals surface area contributed by atoms with Crippen molar-refractivity contribution in [1.29, 1.82) is 0 Å². The van der Waals surface area contributed by atoms with Crippen LogP contribution in [0.4, 0.5) is 5.69 Å². The van der Waals surface area contributed by atoms with Gasteiger partial charge in [-0.25, -0.2) is 22.9 Å². The van der Waals surface area contributed by atoms with E-state index in [0.29, 0.717) is 22.8 Å². The van der Waals surface area contributed by atoms with Crippen LogP contribution in [0.3, 0.4) is 0 Å². The number of benzene rings is 1. The number of aliphatic imine (C=N–C) groups is 1. The zero-order valence-electron chi connectivity index (χ0n) is 18.7. The average molecular weight is 494 g/mol. The first-order valence-electron chi connectivity index (χ1n) is 10.1. The number of hydrogen-bond acceptors (Lipinski definition) is 7. The first kappa shape index (κ1) is 26.3. The zero-order chi connectivity index (χ0) is 25.5. The highest BCUT2D eigenvalue weighted by Gasteiger charge is 2.26. The molecule has 0 aliphatic carbocycles. The summed E-state index contributed by atoms with van der Waals surface area (Å²) >= 11 is 0. The third-order valence-electron chi connectivity index (χ3n) is 4.71. The molecule has 0 bridgehead atoms. The van der Waals surface area contributed by atoms with Crippen LogP contribution in [0.1, 0.15) is 25.3 Å². The van der Waals surface area contributed by atoms with Crippen LogP contribution in [0.15, 0.2) is 51.1 Å². The number of aromatic nitrogens is 2. The standard InChI is InChI=1S/C20H27N7O6S/c1-14(29)27(16(12-28)9-6-10-23-19(21)22)26-11-17(18(30)25(2)20(26)31)24-34(32,33)13-15-7-4-3-5-8-15/h3-5,7-8,11-12,16,24H,6,9-10,13H2,1-2H3,(H4,21,22,23)/t16-/m0/s1. The van der Waals surface area contributed by atoms with Gasteiger partial charge in [0.05, 0.1) is 11.9 Å². The predicted molar refractivity (Wildman–Crippen MR) is 127 cm³/mol. The van der Waals surface area contributed by atoms with E-state index in [1.54, 1.807) is 30.3 Å². The Bertz CT molecular complexity index is 1280. The van der Waals surface area contributed by atoms with E-state index in [9.17, 15) is 27.6 Å². The molecule has 13 nitrogen and oxygen atoms in total. The first-order chi connectivity index (χ1) is 16.0. The summed E-state index contributed by atoms with van der Waals surface area (Å²) in [7, 11) is -2.92. The van der Waals surface area contributed by atoms with Gasteiger partial charge in [-0.2, -0.15) is 0 Å². The van der Waals surface area contributed by atoms with E-state index in [1.807, 2.05) is 0 Å². The summed E-state index contributed by atoms with van der Waals surface area (Å²) in [6.45, 7) is 1.31. The minimum absolute atomic E-state index is 0.101. The summed E-state index contributed by atoms with van der Waals surface area (Å²) in [5.41, 5.74) is 8.69. The first-order valence-corrected chi connectivity index (χ1v) is 11.8. The number of nitrogens with two attached hydrogens (primary N) is 2. The summed E-state index contributed by atoms with van der Waals surface area (Å²) in [4.78, 5) is 53.3. The van der Waals surface area contributed by atoms with Gasteiger partial charge >= 0.3 is 5.69 Å². The molecule has 0 aliphatic heterocycles. The second-order valence-electron chi connectivity index (χ2n) is 7.40. The molecule has 1 aromatic carbocycles. The molecule has 0 fully saturated rings. The monoisotopic (exact) mass is 493 g/mol. The van der Waals surface area contributed by atoms with E-state index in [2.05, 4.69) is 9.71 Å². The number of nitrogens with one attached hydrogen (secondary N) is 1. The lowest BCUT2D eigenvalue weighted by Gasteiger charge is -2.29. The largest absolute Gasteiger partial charge is 0.370 e. The van der Waals surface area contributed by atoms with Gasteiger partial charge in [-0.3, -0.25) is 23.9 Å². The number of carbonyl (C=O) groups excluding carboxylic acids is 2.